The predicted octanol–water partition coefficient (Wildman–Crippen LogP) is 3.75. The van der Waals surface area contributed by atoms with Gasteiger partial charge in [0, 0.05) is 25.5 Å². The van der Waals surface area contributed by atoms with Gasteiger partial charge < -0.3 is 15.1 Å². The summed E-state index contributed by atoms with van der Waals surface area (Å²) in [5.74, 6) is 0.871. The van der Waals surface area contributed by atoms with E-state index in [4.69, 9.17) is 0 Å². The zero-order valence-electron chi connectivity index (χ0n) is 13.7. The van der Waals surface area contributed by atoms with Crippen LogP contribution >= 0.6 is 11.3 Å². The molecule has 0 bridgehead atoms. The molecule has 122 valence electrons. The van der Waals surface area contributed by atoms with Gasteiger partial charge in [-0.15, -0.1) is 11.3 Å². The number of rotatable bonds is 3. The minimum absolute atomic E-state index is 0.0481. The van der Waals surface area contributed by atoms with E-state index >= 15 is 0 Å². The number of nitrogens with zero attached hydrogens (tertiary/aromatic N) is 3. The molecule has 0 fully saturated rings. The molecule has 3 heterocycles. The third kappa shape index (κ3) is 3.17. The molecule has 0 unspecified atom stereocenters. The molecule has 23 heavy (non-hydrogen) atoms. The van der Waals surface area contributed by atoms with E-state index in [1.54, 1.807) is 17.5 Å². The van der Waals surface area contributed by atoms with Crippen LogP contribution in [0.25, 0.3) is 0 Å². The number of urea groups is 1. The highest BCUT2D eigenvalue weighted by atomic mass is 32.1. The van der Waals surface area contributed by atoms with Gasteiger partial charge in [0.25, 0.3) is 0 Å². The number of anilines is 2. The fourth-order valence-corrected chi connectivity index (χ4v) is 3.93. The fourth-order valence-electron chi connectivity index (χ4n) is 3.00. The second-order valence-corrected chi connectivity index (χ2v) is 6.90. The van der Waals surface area contributed by atoms with Crippen LogP contribution in [-0.2, 0) is 6.42 Å². The lowest BCUT2D eigenvalue weighted by Gasteiger charge is -2.35. The highest BCUT2D eigenvalue weighted by Gasteiger charge is 2.30. The third-order valence-corrected chi connectivity index (χ3v) is 5.20. The predicted molar refractivity (Wildman–Crippen MR) is 95.3 cm³/mol. The van der Waals surface area contributed by atoms with Gasteiger partial charge in [-0.1, -0.05) is 6.92 Å². The maximum absolute atomic E-state index is 12.7. The molecule has 1 atom stereocenters. The highest BCUT2D eigenvalue weighted by molar-refractivity contribution is 7.10. The Bertz CT molecular complexity index is 680. The maximum atomic E-state index is 12.7. The molecule has 3 rings (SSSR count). The smallest absolute Gasteiger partial charge is 0.322 e. The van der Waals surface area contributed by atoms with Crippen molar-refractivity contribution < 1.29 is 4.79 Å². The molecular weight excluding hydrogens is 308 g/mol. The summed E-state index contributed by atoms with van der Waals surface area (Å²) in [5.41, 5.74) is 2.03. The first-order chi connectivity index (χ1) is 11.1. The Morgan fingerprint density at radius 3 is 2.91 bits per heavy atom. The molecule has 2 aromatic heterocycles. The van der Waals surface area contributed by atoms with Crippen LogP contribution in [0, 0.1) is 0 Å². The maximum Gasteiger partial charge on any atom is 0.322 e. The van der Waals surface area contributed by atoms with E-state index in [0.717, 1.165) is 30.9 Å². The lowest BCUT2D eigenvalue weighted by molar-refractivity contribution is 0.181. The summed E-state index contributed by atoms with van der Waals surface area (Å²) in [6.07, 6.45) is 3.57. The van der Waals surface area contributed by atoms with Crippen molar-refractivity contribution in [3.63, 3.8) is 0 Å². The van der Waals surface area contributed by atoms with E-state index in [1.165, 1.54) is 10.4 Å². The number of nitrogens with one attached hydrogen (secondary N) is 1. The molecule has 0 radical (unpaired) electrons. The summed E-state index contributed by atoms with van der Waals surface area (Å²) >= 11 is 1.79. The first-order valence-electron chi connectivity index (χ1n) is 7.87. The van der Waals surface area contributed by atoms with Crippen LogP contribution < -0.4 is 10.2 Å². The van der Waals surface area contributed by atoms with E-state index < -0.39 is 0 Å². The van der Waals surface area contributed by atoms with Gasteiger partial charge in [-0.25, -0.2) is 9.78 Å². The first-order valence-corrected chi connectivity index (χ1v) is 8.75. The average molecular weight is 330 g/mol. The van der Waals surface area contributed by atoms with E-state index in [2.05, 4.69) is 28.7 Å². The summed E-state index contributed by atoms with van der Waals surface area (Å²) < 4.78 is 0. The van der Waals surface area contributed by atoms with Crippen molar-refractivity contribution >= 4 is 28.9 Å². The topological polar surface area (TPSA) is 48.5 Å². The second-order valence-electron chi connectivity index (χ2n) is 5.90. The number of thiophene rings is 1. The van der Waals surface area contributed by atoms with Crippen molar-refractivity contribution in [2.75, 3.05) is 30.9 Å². The van der Waals surface area contributed by atoms with E-state index in [9.17, 15) is 4.79 Å². The number of hydrogen-bond acceptors (Lipinski definition) is 4. The molecule has 0 spiro atoms. The van der Waals surface area contributed by atoms with E-state index in [1.807, 2.05) is 36.0 Å². The molecule has 6 heteroatoms. The Morgan fingerprint density at radius 1 is 1.43 bits per heavy atom. The SMILES string of the molecule is CC[C@@H]1c2ccsc2CCN1C(=O)Nc1ccc(N(C)C)nc1. The summed E-state index contributed by atoms with van der Waals surface area (Å²) in [7, 11) is 3.89. The minimum atomic E-state index is -0.0481. The van der Waals surface area contributed by atoms with Crippen LogP contribution in [0.1, 0.15) is 29.8 Å². The minimum Gasteiger partial charge on any atom is -0.363 e. The molecular formula is C17H22N4OS. The first kappa shape index (κ1) is 15.8. The van der Waals surface area contributed by atoms with Crippen LogP contribution in [0.5, 0.6) is 0 Å². The Morgan fingerprint density at radius 2 is 2.26 bits per heavy atom. The standard InChI is InChI=1S/C17H22N4OS/c1-4-14-13-8-10-23-15(13)7-9-21(14)17(22)19-12-5-6-16(18-11-12)20(2)3/h5-6,8,10-11,14H,4,7,9H2,1-3H3,(H,19,22)/t14-/m1/s1. The molecule has 0 saturated carbocycles. The number of amides is 2. The van der Waals surface area contributed by atoms with Crippen LogP contribution in [0.15, 0.2) is 29.8 Å². The average Bonchev–Trinajstić information content (AvgIpc) is 3.02. The number of fused-ring (bicyclic) bond motifs is 1. The van der Waals surface area contributed by atoms with E-state index in [0.29, 0.717) is 0 Å². The monoisotopic (exact) mass is 330 g/mol. The van der Waals surface area contributed by atoms with Crippen molar-refractivity contribution in [1.82, 2.24) is 9.88 Å². The third-order valence-electron chi connectivity index (χ3n) is 4.20. The van der Waals surface area contributed by atoms with Crippen molar-refractivity contribution in [1.29, 1.82) is 0 Å². The fraction of sp³-hybridized carbons (Fsp3) is 0.412. The van der Waals surface area contributed by atoms with Gasteiger partial charge in [-0.2, -0.15) is 0 Å². The van der Waals surface area contributed by atoms with Gasteiger partial charge in [0.2, 0.25) is 0 Å². The van der Waals surface area contributed by atoms with E-state index in [-0.39, 0.29) is 12.1 Å². The lowest BCUT2D eigenvalue weighted by Crippen LogP contribution is -2.41. The van der Waals surface area contributed by atoms with Crippen molar-refractivity contribution in [3.05, 3.63) is 40.2 Å². The van der Waals surface area contributed by atoms with Crippen LogP contribution in [0.3, 0.4) is 0 Å². The zero-order valence-corrected chi connectivity index (χ0v) is 14.6. The normalized spacial score (nSPS) is 16.8. The van der Waals surface area contributed by atoms with Gasteiger partial charge >= 0.3 is 6.03 Å². The summed E-state index contributed by atoms with van der Waals surface area (Å²) in [4.78, 5) is 22.3. The Labute approximate surface area is 140 Å². The quantitative estimate of drug-likeness (QED) is 0.932. The lowest BCUT2D eigenvalue weighted by atomic mass is 9.98. The molecule has 0 aliphatic carbocycles. The largest absolute Gasteiger partial charge is 0.363 e. The molecule has 0 aromatic carbocycles. The van der Waals surface area contributed by atoms with Gasteiger partial charge in [0.05, 0.1) is 17.9 Å². The van der Waals surface area contributed by atoms with Gasteiger partial charge in [-0.05, 0) is 42.0 Å². The molecule has 5 nitrogen and oxygen atoms in total. The van der Waals surface area contributed by atoms with Crippen molar-refractivity contribution in [2.24, 2.45) is 0 Å². The van der Waals surface area contributed by atoms with Gasteiger partial charge in [0.1, 0.15) is 5.82 Å². The zero-order chi connectivity index (χ0) is 16.4. The molecule has 1 aliphatic heterocycles. The van der Waals surface area contributed by atoms with Gasteiger partial charge in [-0.3, -0.25) is 0 Å². The molecule has 2 aromatic rings. The Kier molecular flexibility index (Phi) is 4.52. The number of pyridine rings is 1. The van der Waals surface area contributed by atoms with Crippen LogP contribution in [0.4, 0.5) is 16.3 Å². The highest BCUT2D eigenvalue weighted by Crippen LogP contribution is 2.35. The second kappa shape index (κ2) is 6.58. The van der Waals surface area contributed by atoms with Gasteiger partial charge in [0.15, 0.2) is 0 Å². The summed E-state index contributed by atoms with van der Waals surface area (Å²) in [5, 5.41) is 5.10. The van der Waals surface area contributed by atoms with Crippen molar-refractivity contribution in [2.45, 2.75) is 25.8 Å². The molecule has 2 amide bonds. The van der Waals surface area contributed by atoms with Crippen LogP contribution in [-0.4, -0.2) is 36.6 Å². The summed E-state index contributed by atoms with van der Waals surface area (Å²) in [6, 6.07) is 6.06. The molecule has 1 aliphatic rings. The molecule has 0 saturated heterocycles. The number of carbonyl (C=O) groups is 1. The summed E-state index contributed by atoms with van der Waals surface area (Å²) in [6.45, 7) is 2.90. The Hall–Kier alpha value is -2.08. The Balaban J connectivity index is 1.73. The number of carbonyl (C=O) groups excluding carboxylic acids is 1. The van der Waals surface area contributed by atoms with Crippen LogP contribution in [0.2, 0.25) is 0 Å². The number of hydrogen-bond donors (Lipinski definition) is 1. The molecule has 1 N–H and O–H groups in total. The van der Waals surface area contributed by atoms with Crippen molar-refractivity contribution in [3.8, 4) is 0 Å². The number of aromatic nitrogens is 1.